The Hall–Kier alpha value is -4.27. The fourth-order valence-electron chi connectivity index (χ4n) is 5.81. The SMILES string of the molecule is COC(=O)c1ccc(CCCc2ccc(NC(=O)c3c(NC(=O)c4cccc(CNC5CC5)c4)sc4c3CCCC4)cc2)cc1. The lowest BCUT2D eigenvalue weighted by molar-refractivity contribution is 0.0600. The van der Waals surface area contributed by atoms with Crippen LogP contribution in [0.2, 0.25) is 0 Å². The predicted octanol–water partition coefficient (Wildman–Crippen LogP) is 7.35. The number of anilines is 2. The molecule has 4 aromatic rings. The van der Waals surface area contributed by atoms with Crippen molar-refractivity contribution in [2.24, 2.45) is 0 Å². The van der Waals surface area contributed by atoms with Crippen molar-refractivity contribution >= 4 is 39.8 Å². The zero-order valence-corrected chi connectivity index (χ0v) is 26.4. The van der Waals surface area contributed by atoms with Gasteiger partial charge in [0.15, 0.2) is 0 Å². The Morgan fingerprint density at radius 1 is 0.800 bits per heavy atom. The van der Waals surface area contributed by atoms with E-state index < -0.39 is 0 Å². The van der Waals surface area contributed by atoms with Gasteiger partial charge in [-0.05, 0) is 116 Å². The van der Waals surface area contributed by atoms with E-state index in [1.54, 1.807) is 12.1 Å². The number of methoxy groups -OCH3 is 1. The molecule has 0 atom stereocenters. The van der Waals surface area contributed by atoms with Crippen LogP contribution in [0.15, 0.2) is 72.8 Å². The number of rotatable bonds is 12. The van der Waals surface area contributed by atoms with Crippen molar-refractivity contribution in [1.29, 1.82) is 0 Å². The average molecular weight is 622 g/mol. The number of thiophene rings is 1. The molecule has 0 unspecified atom stereocenters. The summed E-state index contributed by atoms with van der Waals surface area (Å²) in [7, 11) is 1.38. The normalized spacial score (nSPS) is 14.0. The molecule has 1 saturated carbocycles. The first-order valence-electron chi connectivity index (χ1n) is 15.8. The van der Waals surface area contributed by atoms with E-state index >= 15 is 0 Å². The molecule has 3 aromatic carbocycles. The van der Waals surface area contributed by atoms with Gasteiger partial charge in [-0.1, -0.05) is 36.4 Å². The van der Waals surface area contributed by atoms with E-state index in [0.717, 1.165) is 68.3 Å². The van der Waals surface area contributed by atoms with Crippen LogP contribution in [-0.2, 0) is 37.0 Å². The molecule has 0 aliphatic heterocycles. The second kappa shape index (κ2) is 14.2. The molecule has 8 heteroatoms. The maximum absolute atomic E-state index is 13.7. The van der Waals surface area contributed by atoms with Crippen LogP contribution in [-0.4, -0.2) is 30.9 Å². The number of hydrogen-bond acceptors (Lipinski definition) is 6. The molecule has 1 aromatic heterocycles. The van der Waals surface area contributed by atoms with Crippen molar-refractivity contribution in [2.75, 3.05) is 17.7 Å². The fraction of sp³-hybridized carbons (Fsp3) is 0.324. The maximum Gasteiger partial charge on any atom is 0.337 e. The van der Waals surface area contributed by atoms with Crippen LogP contribution >= 0.6 is 11.3 Å². The maximum atomic E-state index is 13.7. The molecular formula is C37H39N3O4S. The van der Waals surface area contributed by atoms with Gasteiger partial charge in [0.1, 0.15) is 5.00 Å². The lowest BCUT2D eigenvalue weighted by Gasteiger charge is -2.14. The smallest absolute Gasteiger partial charge is 0.337 e. The number of amides is 2. The monoisotopic (exact) mass is 621 g/mol. The molecule has 6 rings (SSSR count). The third-order valence-corrected chi connectivity index (χ3v) is 9.71. The first-order chi connectivity index (χ1) is 22.0. The summed E-state index contributed by atoms with van der Waals surface area (Å²) >= 11 is 1.54. The van der Waals surface area contributed by atoms with Gasteiger partial charge in [0.2, 0.25) is 0 Å². The number of benzene rings is 3. The fourth-order valence-corrected chi connectivity index (χ4v) is 7.09. The van der Waals surface area contributed by atoms with E-state index in [0.29, 0.717) is 27.7 Å². The number of nitrogens with one attached hydrogen (secondary N) is 3. The highest BCUT2D eigenvalue weighted by Gasteiger charge is 2.27. The zero-order valence-electron chi connectivity index (χ0n) is 25.6. The first-order valence-corrected chi connectivity index (χ1v) is 16.6. The molecule has 1 heterocycles. The zero-order chi connectivity index (χ0) is 31.2. The number of carbonyl (C=O) groups is 3. The van der Waals surface area contributed by atoms with Crippen LogP contribution in [0, 0.1) is 0 Å². The van der Waals surface area contributed by atoms with Crippen LogP contribution in [0.25, 0.3) is 0 Å². The van der Waals surface area contributed by atoms with Crippen LogP contribution < -0.4 is 16.0 Å². The molecule has 2 amide bonds. The number of aryl methyl sites for hydroxylation is 3. The van der Waals surface area contributed by atoms with Gasteiger partial charge >= 0.3 is 5.97 Å². The van der Waals surface area contributed by atoms with Gasteiger partial charge in [-0.2, -0.15) is 0 Å². The summed E-state index contributed by atoms with van der Waals surface area (Å²) < 4.78 is 4.77. The molecular weight excluding hydrogens is 582 g/mol. The molecule has 2 aliphatic carbocycles. The summed E-state index contributed by atoms with van der Waals surface area (Å²) in [5.74, 6) is -0.707. The molecule has 7 nitrogen and oxygen atoms in total. The Bertz CT molecular complexity index is 1670. The summed E-state index contributed by atoms with van der Waals surface area (Å²) in [5.41, 5.74) is 6.98. The van der Waals surface area contributed by atoms with E-state index in [1.807, 2.05) is 60.7 Å². The highest BCUT2D eigenvalue weighted by atomic mass is 32.1. The molecule has 0 bridgehead atoms. The van der Waals surface area contributed by atoms with Gasteiger partial charge in [0, 0.05) is 28.7 Å². The molecule has 0 radical (unpaired) electrons. The number of hydrogen-bond donors (Lipinski definition) is 3. The number of fused-ring (bicyclic) bond motifs is 1. The Labute approximate surface area is 268 Å². The van der Waals surface area contributed by atoms with Gasteiger partial charge in [-0.3, -0.25) is 9.59 Å². The molecule has 3 N–H and O–H groups in total. The molecule has 1 fully saturated rings. The van der Waals surface area contributed by atoms with Gasteiger partial charge in [0.25, 0.3) is 11.8 Å². The van der Waals surface area contributed by atoms with Crippen LogP contribution in [0.4, 0.5) is 10.7 Å². The third kappa shape index (κ3) is 7.88. The minimum absolute atomic E-state index is 0.185. The number of esters is 1. The lowest BCUT2D eigenvalue weighted by atomic mass is 9.95. The summed E-state index contributed by atoms with van der Waals surface area (Å²) in [4.78, 5) is 39.9. The van der Waals surface area contributed by atoms with E-state index in [2.05, 4.69) is 16.0 Å². The highest BCUT2D eigenvalue weighted by Crippen LogP contribution is 2.39. The van der Waals surface area contributed by atoms with Crippen LogP contribution in [0.3, 0.4) is 0 Å². The quantitative estimate of drug-likeness (QED) is 0.144. The first kappa shape index (κ1) is 30.7. The highest BCUT2D eigenvalue weighted by molar-refractivity contribution is 7.17. The van der Waals surface area contributed by atoms with Crippen molar-refractivity contribution in [3.05, 3.63) is 117 Å². The molecule has 2 aliphatic rings. The predicted molar refractivity (Wildman–Crippen MR) is 179 cm³/mol. The van der Waals surface area contributed by atoms with Crippen LogP contribution in [0.1, 0.15) is 90.3 Å². The summed E-state index contributed by atoms with van der Waals surface area (Å²) in [5, 5.41) is 10.3. The summed E-state index contributed by atoms with van der Waals surface area (Å²) in [6, 6.07) is 23.8. The molecule has 45 heavy (non-hydrogen) atoms. The van der Waals surface area contributed by atoms with Crippen molar-refractivity contribution in [2.45, 2.75) is 70.4 Å². The second-order valence-corrected chi connectivity index (χ2v) is 13.0. The van der Waals surface area contributed by atoms with E-state index in [4.69, 9.17) is 4.74 Å². The van der Waals surface area contributed by atoms with Crippen molar-refractivity contribution in [3.8, 4) is 0 Å². The van der Waals surface area contributed by atoms with Gasteiger partial charge in [0.05, 0.1) is 18.2 Å². The Balaban J connectivity index is 1.08. The Morgan fingerprint density at radius 3 is 2.22 bits per heavy atom. The van der Waals surface area contributed by atoms with Gasteiger partial charge in [-0.15, -0.1) is 11.3 Å². The summed E-state index contributed by atoms with van der Waals surface area (Å²) in [6.45, 7) is 0.748. The Kier molecular flexibility index (Phi) is 9.72. The van der Waals surface area contributed by atoms with E-state index in [-0.39, 0.29) is 17.8 Å². The largest absolute Gasteiger partial charge is 0.465 e. The van der Waals surface area contributed by atoms with Gasteiger partial charge < -0.3 is 20.7 Å². The van der Waals surface area contributed by atoms with E-state index in [1.165, 1.54) is 47.3 Å². The van der Waals surface area contributed by atoms with E-state index in [9.17, 15) is 14.4 Å². The topological polar surface area (TPSA) is 96.5 Å². The molecule has 232 valence electrons. The van der Waals surface area contributed by atoms with Crippen LogP contribution in [0.5, 0.6) is 0 Å². The number of ether oxygens (including phenoxy) is 1. The van der Waals surface area contributed by atoms with Crippen molar-refractivity contribution in [3.63, 3.8) is 0 Å². The average Bonchev–Trinajstić information content (AvgIpc) is 3.83. The summed E-state index contributed by atoms with van der Waals surface area (Å²) in [6.07, 6.45) is 9.12. The van der Waals surface area contributed by atoms with Crippen molar-refractivity contribution < 1.29 is 19.1 Å². The number of carbonyl (C=O) groups excluding carboxylic acids is 3. The molecule has 0 saturated heterocycles. The Morgan fingerprint density at radius 2 is 1.51 bits per heavy atom. The minimum Gasteiger partial charge on any atom is -0.465 e. The van der Waals surface area contributed by atoms with Crippen molar-refractivity contribution in [1.82, 2.24) is 5.32 Å². The lowest BCUT2D eigenvalue weighted by Crippen LogP contribution is -2.19. The minimum atomic E-state index is -0.327. The second-order valence-electron chi connectivity index (χ2n) is 11.9. The third-order valence-electron chi connectivity index (χ3n) is 8.50. The van der Waals surface area contributed by atoms with Gasteiger partial charge in [-0.25, -0.2) is 4.79 Å². The molecule has 0 spiro atoms. The standard InChI is InChI=1S/C37H39N3O4S/c1-44-37(43)27-16-12-24(13-17-27)6-4-7-25-14-18-30(19-15-25)39-35(42)33-31-10-2-3-11-32(31)45-36(33)40-34(41)28-9-5-8-26(22-28)23-38-29-20-21-29/h5,8-9,12-19,22,29,38H,2-4,6-7,10-11,20-21,23H2,1H3,(H,39,42)(H,40,41).